The molecule has 0 spiro atoms. The average molecular weight is 196 g/mol. The summed E-state index contributed by atoms with van der Waals surface area (Å²) in [6.45, 7) is -0.644. The summed E-state index contributed by atoms with van der Waals surface area (Å²) in [5.41, 5.74) is 2.29. The van der Waals surface area contributed by atoms with Crippen LogP contribution in [0.5, 0.6) is 0 Å². The summed E-state index contributed by atoms with van der Waals surface area (Å²) in [4.78, 5) is 10.5. The van der Waals surface area contributed by atoms with Crippen molar-refractivity contribution in [3.05, 3.63) is 35.6 Å². The Hall–Kier alpha value is -1.75. The fourth-order valence-electron chi connectivity index (χ4n) is 0.789. The Morgan fingerprint density at radius 3 is 2.93 bits per heavy atom. The third-order valence-electron chi connectivity index (χ3n) is 1.44. The molecule has 0 radical (unpaired) electrons. The number of rotatable bonds is 3. The minimum Gasteiger partial charge on any atom is -0.386 e. The van der Waals surface area contributed by atoms with Crippen molar-refractivity contribution in [1.29, 1.82) is 0 Å². The normalized spacial score (nSPS) is 10.4. The zero-order chi connectivity index (χ0) is 10.4. The number of hydrogen-bond acceptors (Lipinski definition) is 3. The molecule has 0 bridgehead atoms. The Labute approximate surface area is 80.1 Å². The molecule has 4 nitrogen and oxygen atoms in total. The van der Waals surface area contributed by atoms with Crippen molar-refractivity contribution < 1.29 is 14.3 Å². The maximum absolute atomic E-state index is 12.9. The Morgan fingerprint density at radius 2 is 2.29 bits per heavy atom. The Morgan fingerprint density at radius 1 is 1.57 bits per heavy atom. The molecule has 0 aliphatic rings. The Balaban J connectivity index is 2.60. The van der Waals surface area contributed by atoms with Crippen molar-refractivity contribution in [2.24, 2.45) is 5.10 Å². The van der Waals surface area contributed by atoms with Crippen molar-refractivity contribution in [3.63, 3.8) is 0 Å². The van der Waals surface area contributed by atoms with Gasteiger partial charge in [0.2, 0.25) is 0 Å². The number of halogens is 1. The number of hydrogen-bond donors (Lipinski definition) is 2. The van der Waals surface area contributed by atoms with E-state index < -0.39 is 18.3 Å². The highest BCUT2D eigenvalue weighted by molar-refractivity contribution is 5.82. The van der Waals surface area contributed by atoms with Crippen LogP contribution in [0.3, 0.4) is 0 Å². The average Bonchev–Trinajstić information content (AvgIpc) is 2.20. The van der Waals surface area contributed by atoms with Gasteiger partial charge in [-0.2, -0.15) is 5.10 Å². The van der Waals surface area contributed by atoms with Gasteiger partial charge in [0.15, 0.2) is 0 Å². The van der Waals surface area contributed by atoms with E-state index in [1.807, 2.05) is 5.43 Å². The lowest BCUT2D eigenvalue weighted by atomic mass is 10.2. The first-order chi connectivity index (χ1) is 6.74. The van der Waals surface area contributed by atoms with Gasteiger partial charge in [0.1, 0.15) is 12.4 Å². The number of carbonyl (C=O) groups excluding carboxylic acids is 1. The number of benzene rings is 1. The van der Waals surface area contributed by atoms with Crippen molar-refractivity contribution in [2.75, 3.05) is 6.61 Å². The van der Waals surface area contributed by atoms with Crippen LogP contribution in [0.2, 0.25) is 0 Å². The van der Waals surface area contributed by atoms with Crippen LogP contribution < -0.4 is 5.43 Å². The quantitative estimate of drug-likeness (QED) is 0.538. The fraction of sp³-hybridized carbons (Fsp3) is 0.111. The standard InChI is InChI=1S/C9H9FN2O2/c10-8-4-2-1-3-7(8)5-11-12-9(14)6-13/h1-5,13H,6H2,(H,12,14). The van der Waals surface area contributed by atoms with Gasteiger partial charge in [0.25, 0.3) is 5.91 Å². The van der Waals surface area contributed by atoms with Crippen LogP contribution in [0.4, 0.5) is 4.39 Å². The van der Waals surface area contributed by atoms with E-state index in [0.29, 0.717) is 0 Å². The smallest absolute Gasteiger partial charge is 0.265 e. The molecule has 74 valence electrons. The first-order valence-corrected chi connectivity index (χ1v) is 3.91. The second-order valence-electron chi connectivity index (χ2n) is 2.47. The van der Waals surface area contributed by atoms with Crippen molar-refractivity contribution in [3.8, 4) is 0 Å². The summed E-state index contributed by atoms with van der Waals surface area (Å²) in [5, 5.41) is 11.8. The first kappa shape index (κ1) is 10.3. The number of amides is 1. The third-order valence-corrected chi connectivity index (χ3v) is 1.44. The van der Waals surface area contributed by atoms with E-state index in [-0.39, 0.29) is 5.56 Å². The van der Waals surface area contributed by atoms with E-state index in [2.05, 4.69) is 5.10 Å². The van der Waals surface area contributed by atoms with Crippen molar-refractivity contribution in [1.82, 2.24) is 5.43 Å². The molecular formula is C9H9FN2O2. The molecule has 1 aromatic carbocycles. The second kappa shape index (κ2) is 5.08. The number of carbonyl (C=O) groups is 1. The summed E-state index contributed by atoms with van der Waals surface area (Å²) >= 11 is 0. The van der Waals surface area contributed by atoms with Crippen LogP contribution in [0, 0.1) is 5.82 Å². The SMILES string of the molecule is O=C(CO)NN=Cc1ccccc1F. The van der Waals surface area contributed by atoms with E-state index in [9.17, 15) is 9.18 Å². The summed E-state index contributed by atoms with van der Waals surface area (Å²) < 4.78 is 12.9. The minimum atomic E-state index is -0.644. The van der Waals surface area contributed by atoms with E-state index in [0.717, 1.165) is 0 Å². The van der Waals surface area contributed by atoms with Gasteiger partial charge in [0.05, 0.1) is 6.21 Å². The van der Waals surface area contributed by atoms with Crippen LogP contribution in [0.1, 0.15) is 5.56 Å². The van der Waals surface area contributed by atoms with E-state index in [1.165, 1.54) is 18.3 Å². The molecule has 1 aromatic rings. The topological polar surface area (TPSA) is 61.7 Å². The van der Waals surface area contributed by atoms with E-state index in [1.54, 1.807) is 12.1 Å². The predicted molar refractivity (Wildman–Crippen MR) is 49.2 cm³/mol. The van der Waals surface area contributed by atoms with Crippen LogP contribution >= 0.6 is 0 Å². The van der Waals surface area contributed by atoms with Gasteiger partial charge in [-0.15, -0.1) is 0 Å². The van der Waals surface area contributed by atoms with Crippen LogP contribution in [-0.2, 0) is 4.79 Å². The molecule has 1 rings (SSSR count). The number of nitrogens with zero attached hydrogens (tertiary/aromatic N) is 1. The molecule has 0 heterocycles. The maximum Gasteiger partial charge on any atom is 0.265 e. The predicted octanol–water partition coefficient (Wildman–Crippen LogP) is 0.268. The second-order valence-corrected chi connectivity index (χ2v) is 2.47. The highest BCUT2D eigenvalue weighted by Crippen LogP contribution is 2.02. The summed E-state index contributed by atoms with van der Waals surface area (Å²) in [5.74, 6) is -1.06. The third kappa shape index (κ3) is 2.95. The molecule has 2 N–H and O–H groups in total. The molecular weight excluding hydrogens is 187 g/mol. The highest BCUT2D eigenvalue weighted by Gasteiger charge is 1.96. The van der Waals surface area contributed by atoms with Crippen LogP contribution in [0.25, 0.3) is 0 Å². The summed E-state index contributed by atoms with van der Waals surface area (Å²) in [6, 6.07) is 6.01. The Bertz CT molecular complexity index is 352. The molecule has 0 atom stereocenters. The molecule has 0 fully saturated rings. The Kier molecular flexibility index (Phi) is 3.75. The molecule has 0 aromatic heterocycles. The number of aliphatic hydroxyl groups is 1. The molecule has 5 heteroatoms. The zero-order valence-electron chi connectivity index (χ0n) is 7.27. The van der Waals surface area contributed by atoms with E-state index in [4.69, 9.17) is 5.11 Å². The first-order valence-electron chi connectivity index (χ1n) is 3.91. The van der Waals surface area contributed by atoms with Gasteiger partial charge >= 0.3 is 0 Å². The number of aliphatic hydroxyl groups excluding tert-OH is 1. The van der Waals surface area contributed by atoms with Gasteiger partial charge in [0, 0.05) is 5.56 Å². The maximum atomic E-state index is 12.9. The lowest BCUT2D eigenvalue weighted by Crippen LogP contribution is -2.20. The van der Waals surface area contributed by atoms with E-state index >= 15 is 0 Å². The molecule has 0 aliphatic heterocycles. The molecule has 0 unspecified atom stereocenters. The van der Waals surface area contributed by atoms with Gasteiger partial charge in [-0.25, -0.2) is 9.82 Å². The highest BCUT2D eigenvalue weighted by atomic mass is 19.1. The van der Waals surface area contributed by atoms with Gasteiger partial charge in [-0.3, -0.25) is 4.79 Å². The monoisotopic (exact) mass is 196 g/mol. The zero-order valence-corrected chi connectivity index (χ0v) is 7.27. The molecule has 0 saturated heterocycles. The minimum absolute atomic E-state index is 0.269. The van der Waals surface area contributed by atoms with Gasteiger partial charge < -0.3 is 5.11 Å². The van der Waals surface area contributed by atoms with Crippen LogP contribution in [-0.4, -0.2) is 23.8 Å². The van der Waals surface area contributed by atoms with Gasteiger partial charge in [-0.05, 0) is 6.07 Å². The fourth-order valence-corrected chi connectivity index (χ4v) is 0.789. The summed E-state index contributed by atoms with van der Waals surface area (Å²) in [6.07, 6.45) is 1.17. The lowest BCUT2D eigenvalue weighted by molar-refractivity contribution is -0.123. The molecule has 0 aliphatic carbocycles. The summed E-state index contributed by atoms with van der Waals surface area (Å²) in [7, 11) is 0. The van der Waals surface area contributed by atoms with Crippen LogP contribution in [0.15, 0.2) is 29.4 Å². The lowest BCUT2D eigenvalue weighted by Gasteiger charge is -1.95. The number of hydrazone groups is 1. The van der Waals surface area contributed by atoms with Crippen molar-refractivity contribution in [2.45, 2.75) is 0 Å². The molecule has 1 amide bonds. The number of nitrogens with one attached hydrogen (secondary N) is 1. The molecule has 0 saturated carbocycles. The molecule has 14 heavy (non-hydrogen) atoms. The van der Waals surface area contributed by atoms with Crippen molar-refractivity contribution >= 4 is 12.1 Å². The largest absolute Gasteiger partial charge is 0.386 e. The van der Waals surface area contributed by atoms with Gasteiger partial charge in [-0.1, -0.05) is 18.2 Å².